The van der Waals surface area contributed by atoms with E-state index in [-0.39, 0.29) is 11.6 Å². The largest absolute Gasteiger partial charge is 0.416 e. The van der Waals surface area contributed by atoms with Gasteiger partial charge in [-0.05, 0) is 36.4 Å². The highest BCUT2D eigenvalue weighted by Crippen LogP contribution is 2.30. The van der Waals surface area contributed by atoms with Crippen molar-refractivity contribution in [3.05, 3.63) is 82.2 Å². The molecule has 8 nitrogen and oxygen atoms in total. The molecule has 3 aromatic heterocycles. The van der Waals surface area contributed by atoms with Gasteiger partial charge in [0.1, 0.15) is 6.10 Å². The molecule has 0 spiro atoms. The molecule has 4 rings (SSSR count). The van der Waals surface area contributed by atoms with E-state index in [0.717, 1.165) is 12.1 Å². The van der Waals surface area contributed by atoms with Crippen LogP contribution in [0.4, 0.5) is 24.8 Å². The van der Waals surface area contributed by atoms with Gasteiger partial charge in [-0.2, -0.15) is 18.2 Å². The fourth-order valence-corrected chi connectivity index (χ4v) is 2.74. The lowest BCUT2D eigenvalue weighted by Gasteiger charge is -2.10. The predicted octanol–water partition coefficient (Wildman–Crippen LogP) is 2.66. The molecule has 148 valence electrons. The first-order valence-corrected chi connectivity index (χ1v) is 8.34. The first kappa shape index (κ1) is 18.6. The van der Waals surface area contributed by atoms with Crippen LogP contribution in [0.5, 0.6) is 0 Å². The van der Waals surface area contributed by atoms with Gasteiger partial charge in [-0.1, -0.05) is 6.07 Å². The molecule has 0 aliphatic heterocycles. The molecule has 0 saturated carbocycles. The number of H-pyrrole nitrogens is 1. The van der Waals surface area contributed by atoms with Crippen LogP contribution < -0.4 is 10.9 Å². The van der Waals surface area contributed by atoms with E-state index in [1.807, 2.05) is 0 Å². The molecule has 0 aliphatic carbocycles. The quantitative estimate of drug-likeness (QED) is 0.484. The molecule has 4 aromatic rings. The summed E-state index contributed by atoms with van der Waals surface area (Å²) in [5.41, 5.74) is 0.0295. The van der Waals surface area contributed by atoms with Crippen molar-refractivity contribution in [3.8, 4) is 0 Å². The summed E-state index contributed by atoms with van der Waals surface area (Å²) in [6, 6.07) is 10.5. The van der Waals surface area contributed by atoms with Gasteiger partial charge in [0.2, 0.25) is 5.95 Å². The van der Waals surface area contributed by atoms with Gasteiger partial charge < -0.3 is 15.4 Å². The number of halogens is 3. The highest BCUT2D eigenvalue weighted by atomic mass is 19.4. The Morgan fingerprint density at radius 1 is 1.14 bits per heavy atom. The minimum atomic E-state index is -4.42. The molecule has 1 atom stereocenters. The number of fused-ring (bicyclic) bond motifs is 1. The highest BCUT2D eigenvalue weighted by Gasteiger charge is 2.30. The molecule has 1 aromatic carbocycles. The third-order valence-corrected chi connectivity index (χ3v) is 4.12. The number of aliphatic hydroxyl groups is 1. The molecule has 3 heterocycles. The second-order valence-electron chi connectivity index (χ2n) is 6.09. The Hall–Kier alpha value is -3.73. The lowest BCUT2D eigenvalue weighted by atomic mass is 10.1. The number of nitrogens with zero attached hydrogens (tertiary/aromatic N) is 4. The second-order valence-corrected chi connectivity index (χ2v) is 6.09. The van der Waals surface area contributed by atoms with Crippen LogP contribution in [0, 0.1) is 0 Å². The molecule has 0 bridgehead atoms. The Labute approximate surface area is 160 Å². The Morgan fingerprint density at radius 3 is 2.59 bits per heavy atom. The van der Waals surface area contributed by atoms with Crippen LogP contribution in [0.3, 0.4) is 0 Å². The van der Waals surface area contributed by atoms with E-state index in [1.54, 1.807) is 18.2 Å². The third-order valence-electron chi connectivity index (χ3n) is 4.12. The molecular weight excluding hydrogens is 389 g/mol. The molecule has 0 aliphatic rings. The number of hydrogen-bond donors (Lipinski definition) is 3. The highest BCUT2D eigenvalue weighted by molar-refractivity contribution is 5.56. The summed E-state index contributed by atoms with van der Waals surface area (Å²) in [5.74, 6) is 0.128. The van der Waals surface area contributed by atoms with Crippen molar-refractivity contribution < 1.29 is 18.3 Å². The van der Waals surface area contributed by atoms with E-state index in [2.05, 4.69) is 25.4 Å². The van der Waals surface area contributed by atoms with Crippen molar-refractivity contribution in [1.29, 1.82) is 0 Å². The Morgan fingerprint density at radius 2 is 1.90 bits per heavy atom. The van der Waals surface area contributed by atoms with Crippen molar-refractivity contribution in [2.75, 3.05) is 5.32 Å². The third kappa shape index (κ3) is 3.80. The maximum atomic E-state index is 12.7. The number of pyridine rings is 1. The Kier molecular flexibility index (Phi) is 4.51. The lowest BCUT2D eigenvalue weighted by Crippen LogP contribution is -2.13. The van der Waals surface area contributed by atoms with E-state index >= 15 is 0 Å². The number of rotatable bonds is 4. The van der Waals surface area contributed by atoms with Crippen molar-refractivity contribution in [2.45, 2.75) is 12.3 Å². The molecule has 0 amide bonds. The summed E-state index contributed by atoms with van der Waals surface area (Å²) in [6.45, 7) is 0. The zero-order chi connectivity index (χ0) is 20.6. The molecule has 11 heteroatoms. The van der Waals surface area contributed by atoms with Gasteiger partial charge in [0.05, 0.1) is 23.3 Å². The monoisotopic (exact) mass is 402 g/mol. The van der Waals surface area contributed by atoms with Crippen LogP contribution in [0.1, 0.15) is 23.1 Å². The Bertz CT molecular complexity index is 1220. The van der Waals surface area contributed by atoms with Crippen molar-refractivity contribution >= 4 is 17.3 Å². The van der Waals surface area contributed by atoms with Crippen LogP contribution in [0.25, 0.3) is 5.65 Å². The number of nitrogens with one attached hydrogen (secondary N) is 2. The number of benzene rings is 1. The maximum absolute atomic E-state index is 12.7. The van der Waals surface area contributed by atoms with Gasteiger partial charge in [0, 0.05) is 11.8 Å². The van der Waals surface area contributed by atoms with Crippen LogP contribution in [0.15, 0.2) is 59.7 Å². The number of aromatic amines is 1. The molecular formula is C18H13F3N6O2. The summed E-state index contributed by atoms with van der Waals surface area (Å²) in [7, 11) is 0. The van der Waals surface area contributed by atoms with Gasteiger partial charge in [0.25, 0.3) is 5.56 Å². The zero-order valence-corrected chi connectivity index (χ0v) is 14.6. The summed E-state index contributed by atoms with van der Waals surface area (Å²) >= 11 is 0. The van der Waals surface area contributed by atoms with E-state index < -0.39 is 23.4 Å². The fraction of sp³-hybridized carbons (Fsp3) is 0.111. The topological polar surface area (TPSA) is 108 Å². The summed E-state index contributed by atoms with van der Waals surface area (Å²) < 4.78 is 39.4. The summed E-state index contributed by atoms with van der Waals surface area (Å²) in [6.07, 6.45) is -4.47. The van der Waals surface area contributed by atoms with Gasteiger partial charge in [-0.25, -0.2) is 9.50 Å². The van der Waals surface area contributed by atoms with Gasteiger partial charge in [0.15, 0.2) is 5.65 Å². The summed E-state index contributed by atoms with van der Waals surface area (Å²) in [5, 5.41) is 17.7. The first-order valence-electron chi connectivity index (χ1n) is 8.34. The van der Waals surface area contributed by atoms with E-state index in [4.69, 9.17) is 0 Å². The maximum Gasteiger partial charge on any atom is 0.416 e. The molecule has 29 heavy (non-hydrogen) atoms. The van der Waals surface area contributed by atoms with E-state index in [0.29, 0.717) is 17.0 Å². The van der Waals surface area contributed by atoms with Crippen LogP contribution in [0.2, 0.25) is 0 Å². The van der Waals surface area contributed by atoms with Crippen LogP contribution in [-0.4, -0.2) is 29.7 Å². The lowest BCUT2D eigenvalue weighted by molar-refractivity contribution is -0.137. The minimum Gasteiger partial charge on any atom is -0.380 e. The normalized spacial score (nSPS) is 12.8. The van der Waals surface area contributed by atoms with Crippen LogP contribution >= 0.6 is 0 Å². The van der Waals surface area contributed by atoms with E-state index in [9.17, 15) is 23.1 Å². The Balaban J connectivity index is 1.65. The SMILES string of the molecule is O=c1cc(C(O)c2cccc3nc(Nc4ccc(C(F)(F)F)cc4)nn23)nc[nH]1. The average molecular weight is 402 g/mol. The van der Waals surface area contributed by atoms with Gasteiger partial charge in [-0.3, -0.25) is 4.79 Å². The first-order chi connectivity index (χ1) is 13.8. The number of aromatic nitrogens is 5. The number of alkyl halides is 3. The number of anilines is 2. The smallest absolute Gasteiger partial charge is 0.380 e. The van der Waals surface area contributed by atoms with Crippen LogP contribution in [-0.2, 0) is 6.18 Å². The predicted molar refractivity (Wildman–Crippen MR) is 96.6 cm³/mol. The standard InChI is InChI=1S/C18H13F3N6O2/c19-18(20,21)10-4-6-11(7-5-10)24-17-25-14-3-1-2-13(27(14)26-17)16(29)12-8-15(28)23-9-22-12/h1-9,16,29H,(H,24,26)(H,22,23,28). The second kappa shape index (κ2) is 7.02. The van der Waals surface area contributed by atoms with Crippen molar-refractivity contribution in [1.82, 2.24) is 24.6 Å². The zero-order valence-electron chi connectivity index (χ0n) is 14.6. The minimum absolute atomic E-state index is 0.128. The molecule has 3 N–H and O–H groups in total. The molecule has 0 saturated heterocycles. The van der Waals surface area contributed by atoms with Gasteiger partial charge >= 0.3 is 6.18 Å². The summed E-state index contributed by atoms with van der Waals surface area (Å²) in [4.78, 5) is 22.0. The van der Waals surface area contributed by atoms with Crippen molar-refractivity contribution in [3.63, 3.8) is 0 Å². The van der Waals surface area contributed by atoms with Gasteiger partial charge in [-0.15, -0.1) is 5.10 Å². The van der Waals surface area contributed by atoms with Crippen molar-refractivity contribution in [2.24, 2.45) is 0 Å². The molecule has 0 radical (unpaired) electrons. The van der Waals surface area contributed by atoms with E-state index in [1.165, 1.54) is 29.0 Å². The fourth-order valence-electron chi connectivity index (χ4n) is 2.74. The average Bonchev–Trinajstić information content (AvgIpc) is 3.09. The number of hydrogen-bond acceptors (Lipinski definition) is 6. The number of aliphatic hydroxyl groups excluding tert-OH is 1. The molecule has 1 unspecified atom stereocenters. The molecule has 0 fully saturated rings.